The fraction of sp³-hybridized carbons (Fsp3) is 0.308. The SMILES string of the molecule is O=C1CCCCN1c1c[nH]c2ccccc12. The zero-order valence-electron chi connectivity index (χ0n) is 9.07. The zero-order valence-corrected chi connectivity index (χ0v) is 9.07. The molecular formula is C13H14N2O. The second-order valence-corrected chi connectivity index (χ2v) is 4.22. The van der Waals surface area contributed by atoms with Gasteiger partial charge in [0.2, 0.25) is 5.91 Å². The Bertz CT molecular complexity index is 529. The molecule has 1 aliphatic heterocycles. The summed E-state index contributed by atoms with van der Waals surface area (Å²) in [6.07, 6.45) is 4.75. The standard InChI is InChI=1S/C13H14N2O/c16-13-7-3-4-8-15(13)12-9-14-11-6-2-1-5-10(11)12/h1-2,5-6,9,14H,3-4,7-8H2. The van der Waals surface area contributed by atoms with Gasteiger partial charge in [0.1, 0.15) is 0 Å². The molecule has 0 bridgehead atoms. The maximum atomic E-state index is 11.8. The number of piperidine rings is 1. The molecule has 2 aromatic rings. The summed E-state index contributed by atoms with van der Waals surface area (Å²) in [6, 6.07) is 8.10. The Morgan fingerprint density at radius 3 is 2.94 bits per heavy atom. The summed E-state index contributed by atoms with van der Waals surface area (Å²) in [5, 5.41) is 1.14. The summed E-state index contributed by atoms with van der Waals surface area (Å²) in [5.74, 6) is 0.246. The van der Waals surface area contributed by atoms with Crippen LogP contribution in [0.3, 0.4) is 0 Å². The highest BCUT2D eigenvalue weighted by molar-refractivity contribution is 6.03. The van der Waals surface area contributed by atoms with Crippen molar-refractivity contribution in [2.75, 3.05) is 11.4 Å². The lowest BCUT2D eigenvalue weighted by Gasteiger charge is -2.26. The molecule has 16 heavy (non-hydrogen) atoms. The number of aromatic amines is 1. The van der Waals surface area contributed by atoms with Crippen LogP contribution in [0.4, 0.5) is 5.69 Å². The topological polar surface area (TPSA) is 36.1 Å². The molecule has 2 heterocycles. The van der Waals surface area contributed by atoms with E-state index in [-0.39, 0.29) is 5.91 Å². The van der Waals surface area contributed by atoms with E-state index in [0.717, 1.165) is 36.0 Å². The van der Waals surface area contributed by atoms with Crippen molar-refractivity contribution in [3.63, 3.8) is 0 Å². The van der Waals surface area contributed by atoms with E-state index in [2.05, 4.69) is 11.1 Å². The molecule has 3 nitrogen and oxygen atoms in total. The molecule has 0 unspecified atom stereocenters. The molecule has 82 valence electrons. The van der Waals surface area contributed by atoms with Crippen molar-refractivity contribution < 1.29 is 4.79 Å². The number of fused-ring (bicyclic) bond motifs is 1. The first-order chi connectivity index (χ1) is 7.86. The van der Waals surface area contributed by atoms with Gasteiger partial charge < -0.3 is 9.88 Å². The van der Waals surface area contributed by atoms with Gasteiger partial charge in [-0.15, -0.1) is 0 Å². The first kappa shape index (κ1) is 9.46. The third-order valence-electron chi connectivity index (χ3n) is 3.18. The number of para-hydroxylation sites is 1. The smallest absolute Gasteiger partial charge is 0.227 e. The third kappa shape index (κ3) is 1.40. The molecule has 1 aromatic carbocycles. The number of carbonyl (C=O) groups is 1. The van der Waals surface area contributed by atoms with Crippen molar-refractivity contribution in [2.24, 2.45) is 0 Å². The van der Waals surface area contributed by atoms with E-state index < -0.39 is 0 Å². The van der Waals surface area contributed by atoms with Crippen molar-refractivity contribution in [1.82, 2.24) is 4.98 Å². The molecule has 1 saturated heterocycles. The second kappa shape index (κ2) is 3.67. The molecule has 1 amide bonds. The Kier molecular flexibility index (Phi) is 2.17. The van der Waals surface area contributed by atoms with Gasteiger partial charge in [-0.05, 0) is 18.9 Å². The van der Waals surface area contributed by atoms with Gasteiger partial charge in [0.25, 0.3) is 0 Å². The van der Waals surface area contributed by atoms with Crippen LogP contribution < -0.4 is 4.90 Å². The van der Waals surface area contributed by atoms with Crippen LogP contribution in [0.15, 0.2) is 30.5 Å². The van der Waals surface area contributed by atoms with Crippen molar-refractivity contribution in [2.45, 2.75) is 19.3 Å². The van der Waals surface area contributed by atoms with E-state index in [4.69, 9.17) is 0 Å². The van der Waals surface area contributed by atoms with Crippen molar-refractivity contribution in [3.05, 3.63) is 30.5 Å². The third-order valence-corrected chi connectivity index (χ3v) is 3.18. The molecule has 0 aliphatic carbocycles. The van der Waals surface area contributed by atoms with E-state index in [1.54, 1.807) is 0 Å². The lowest BCUT2D eigenvalue weighted by Crippen LogP contribution is -2.34. The largest absolute Gasteiger partial charge is 0.359 e. The van der Waals surface area contributed by atoms with E-state index in [0.29, 0.717) is 6.42 Å². The maximum Gasteiger partial charge on any atom is 0.227 e. The molecule has 3 rings (SSSR count). The van der Waals surface area contributed by atoms with Gasteiger partial charge >= 0.3 is 0 Å². The maximum absolute atomic E-state index is 11.8. The van der Waals surface area contributed by atoms with Crippen molar-refractivity contribution in [1.29, 1.82) is 0 Å². The number of nitrogens with one attached hydrogen (secondary N) is 1. The lowest BCUT2D eigenvalue weighted by molar-refractivity contribution is -0.119. The number of amides is 1. The highest BCUT2D eigenvalue weighted by Crippen LogP contribution is 2.29. The molecule has 1 N–H and O–H groups in total. The molecule has 1 aliphatic rings. The Balaban J connectivity index is 2.08. The number of benzene rings is 1. The Morgan fingerprint density at radius 2 is 2.06 bits per heavy atom. The number of hydrogen-bond donors (Lipinski definition) is 1. The predicted octanol–water partition coefficient (Wildman–Crippen LogP) is 2.68. The van der Waals surface area contributed by atoms with Gasteiger partial charge in [0, 0.05) is 30.1 Å². The molecule has 3 heteroatoms. The number of rotatable bonds is 1. The minimum absolute atomic E-state index is 0.246. The van der Waals surface area contributed by atoms with Crippen molar-refractivity contribution >= 4 is 22.5 Å². The van der Waals surface area contributed by atoms with E-state index in [1.165, 1.54) is 0 Å². The number of aromatic nitrogens is 1. The Labute approximate surface area is 94.1 Å². The van der Waals surface area contributed by atoms with Gasteiger partial charge in [-0.3, -0.25) is 4.79 Å². The molecule has 0 saturated carbocycles. The molecule has 0 atom stereocenters. The van der Waals surface area contributed by atoms with Gasteiger partial charge in [0.15, 0.2) is 0 Å². The lowest BCUT2D eigenvalue weighted by atomic mass is 10.1. The quantitative estimate of drug-likeness (QED) is 0.778. The second-order valence-electron chi connectivity index (χ2n) is 4.22. The number of hydrogen-bond acceptors (Lipinski definition) is 1. The fourth-order valence-electron chi connectivity index (χ4n) is 2.34. The molecule has 1 fully saturated rings. The van der Waals surface area contributed by atoms with E-state index in [9.17, 15) is 4.79 Å². The summed E-state index contributed by atoms with van der Waals surface area (Å²) in [7, 11) is 0. The average Bonchev–Trinajstić information content (AvgIpc) is 2.74. The van der Waals surface area contributed by atoms with Gasteiger partial charge in [-0.25, -0.2) is 0 Å². The molecule has 1 aromatic heterocycles. The summed E-state index contributed by atoms with van der Waals surface area (Å²) in [5.41, 5.74) is 2.12. The summed E-state index contributed by atoms with van der Waals surface area (Å²) < 4.78 is 0. The first-order valence-electron chi connectivity index (χ1n) is 5.73. The summed E-state index contributed by atoms with van der Waals surface area (Å²) in [6.45, 7) is 0.848. The van der Waals surface area contributed by atoms with Crippen molar-refractivity contribution in [3.8, 4) is 0 Å². The Hall–Kier alpha value is -1.77. The summed E-state index contributed by atoms with van der Waals surface area (Å²) in [4.78, 5) is 17.0. The van der Waals surface area contributed by atoms with Crippen LogP contribution in [0, 0.1) is 0 Å². The van der Waals surface area contributed by atoms with Crippen LogP contribution >= 0.6 is 0 Å². The fourth-order valence-corrected chi connectivity index (χ4v) is 2.34. The van der Waals surface area contributed by atoms with Crippen LogP contribution in [0.5, 0.6) is 0 Å². The van der Waals surface area contributed by atoms with E-state index in [1.807, 2.05) is 29.3 Å². The van der Waals surface area contributed by atoms with Crippen LogP contribution in [0.25, 0.3) is 10.9 Å². The average molecular weight is 214 g/mol. The first-order valence-corrected chi connectivity index (χ1v) is 5.73. The number of anilines is 1. The summed E-state index contributed by atoms with van der Waals surface area (Å²) >= 11 is 0. The molecular weight excluding hydrogens is 200 g/mol. The predicted molar refractivity (Wildman–Crippen MR) is 64.5 cm³/mol. The highest BCUT2D eigenvalue weighted by atomic mass is 16.2. The monoisotopic (exact) mass is 214 g/mol. The van der Waals surface area contributed by atoms with E-state index >= 15 is 0 Å². The van der Waals surface area contributed by atoms with Crippen LogP contribution in [-0.2, 0) is 4.79 Å². The van der Waals surface area contributed by atoms with Gasteiger partial charge in [0.05, 0.1) is 5.69 Å². The Morgan fingerprint density at radius 1 is 1.19 bits per heavy atom. The minimum atomic E-state index is 0.246. The number of H-pyrrole nitrogens is 1. The molecule has 0 spiro atoms. The normalized spacial score (nSPS) is 17.0. The number of nitrogens with zero attached hydrogens (tertiary/aromatic N) is 1. The highest BCUT2D eigenvalue weighted by Gasteiger charge is 2.21. The minimum Gasteiger partial charge on any atom is -0.359 e. The van der Waals surface area contributed by atoms with Gasteiger partial charge in [-0.2, -0.15) is 0 Å². The van der Waals surface area contributed by atoms with Crippen LogP contribution in [0.2, 0.25) is 0 Å². The van der Waals surface area contributed by atoms with Crippen LogP contribution in [0.1, 0.15) is 19.3 Å². The van der Waals surface area contributed by atoms with Gasteiger partial charge in [-0.1, -0.05) is 18.2 Å². The number of carbonyl (C=O) groups excluding carboxylic acids is 1. The molecule has 0 radical (unpaired) electrons. The zero-order chi connectivity index (χ0) is 11.0. The van der Waals surface area contributed by atoms with Crippen LogP contribution in [-0.4, -0.2) is 17.4 Å².